The van der Waals surface area contributed by atoms with Crippen molar-refractivity contribution in [1.29, 1.82) is 5.26 Å². The molecule has 0 radical (unpaired) electrons. The van der Waals surface area contributed by atoms with Crippen LogP contribution in [0.1, 0.15) is 17.7 Å². The predicted molar refractivity (Wildman–Crippen MR) is 91.7 cm³/mol. The minimum Gasteiger partial charge on any atom is -0.493 e. The van der Waals surface area contributed by atoms with Crippen LogP contribution in [0.5, 0.6) is 5.75 Å². The number of pyridine rings is 1. The van der Waals surface area contributed by atoms with Crippen molar-refractivity contribution in [3.63, 3.8) is 0 Å². The van der Waals surface area contributed by atoms with Gasteiger partial charge in [0.05, 0.1) is 23.6 Å². The van der Waals surface area contributed by atoms with Gasteiger partial charge in [-0.2, -0.15) is 18.4 Å². The van der Waals surface area contributed by atoms with E-state index in [1.165, 1.54) is 12.1 Å². The molecule has 0 atom stereocenters. The van der Waals surface area contributed by atoms with Crippen LogP contribution in [0.3, 0.4) is 0 Å². The van der Waals surface area contributed by atoms with Crippen LogP contribution >= 0.6 is 0 Å². The average Bonchev–Trinajstić information content (AvgIpc) is 3.01. The third-order valence-corrected chi connectivity index (χ3v) is 3.96. The number of nitriles is 1. The molecular weight excluding hydrogens is 363 g/mol. The van der Waals surface area contributed by atoms with Gasteiger partial charge in [-0.1, -0.05) is 0 Å². The maximum absolute atomic E-state index is 13.4. The maximum Gasteiger partial charge on any atom is 0.419 e. The Bertz CT molecular complexity index is 895. The number of ether oxygens (including phenoxy) is 1. The van der Waals surface area contributed by atoms with Gasteiger partial charge in [0.1, 0.15) is 17.5 Å². The van der Waals surface area contributed by atoms with Crippen molar-refractivity contribution in [1.82, 2.24) is 10.5 Å². The van der Waals surface area contributed by atoms with Crippen LogP contribution in [0, 0.1) is 11.3 Å². The molecule has 142 valence electrons. The number of hydrogen-bond acceptors (Lipinski definition) is 7. The zero-order chi connectivity index (χ0) is 19.6. The molecule has 0 unspecified atom stereocenters. The van der Waals surface area contributed by atoms with Gasteiger partial charge in [-0.25, -0.2) is 4.98 Å². The number of alkyl halides is 3. The molecule has 7 nitrogen and oxygen atoms in total. The van der Waals surface area contributed by atoms with E-state index in [2.05, 4.69) is 15.9 Å². The number of nitrogens with zero attached hydrogens (tertiary/aromatic N) is 3. The first-order chi connectivity index (χ1) is 12.8. The summed E-state index contributed by atoms with van der Waals surface area (Å²) in [5.74, 6) is -0.318. The molecule has 0 spiro atoms. The third-order valence-electron chi connectivity index (χ3n) is 3.96. The molecule has 27 heavy (non-hydrogen) atoms. The lowest BCUT2D eigenvalue weighted by atomic mass is 10.0. The van der Waals surface area contributed by atoms with Crippen LogP contribution in [-0.4, -0.2) is 30.4 Å². The van der Waals surface area contributed by atoms with E-state index in [4.69, 9.17) is 9.84 Å². The van der Waals surface area contributed by atoms with Crippen molar-refractivity contribution in [2.75, 3.05) is 30.7 Å². The fraction of sp³-hybridized carbons (Fsp3) is 0.294. The van der Waals surface area contributed by atoms with E-state index >= 15 is 0 Å². The smallest absolute Gasteiger partial charge is 0.419 e. The number of aliphatic hydroxyl groups excluding tert-OH is 1. The molecule has 1 aromatic heterocycles. The van der Waals surface area contributed by atoms with Gasteiger partial charge >= 0.3 is 6.18 Å². The quantitative estimate of drug-likeness (QED) is 0.688. The molecule has 0 amide bonds. The number of nitrogens with one attached hydrogen (secondary N) is 2. The summed E-state index contributed by atoms with van der Waals surface area (Å²) in [6, 6.07) is 7.14. The molecule has 2 heterocycles. The summed E-state index contributed by atoms with van der Waals surface area (Å²) < 4.78 is 45.5. The standard InChI is InChI=1S/C17H16F3N5O2/c1-25-14-8-12(22-13(9-21)16(14)23-24-25)10-3-4-15(27-6-2-5-26)11(7-10)17(18,19)20/h3-4,7-8,23-24,26H,2,5-6H2,1H3. The fourth-order valence-corrected chi connectivity index (χ4v) is 2.63. The second kappa shape index (κ2) is 7.30. The number of benzene rings is 1. The van der Waals surface area contributed by atoms with E-state index < -0.39 is 11.7 Å². The molecule has 0 saturated carbocycles. The van der Waals surface area contributed by atoms with Crippen molar-refractivity contribution in [3.8, 4) is 23.1 Å². The Balaban J connectivity index is 2.05. The highest BCUT2D eigenvalue weighted by Gasteiger charge is 2.35. The van der Waals surface area contributed by atoms with Gasteiger partial charge in [0.15, 0.2) is 5.69 Å². The number of anilines is 2. The predicted octanol–water partition coefficient (Wildman–Crippen LogP) is 2.68. The van der Waals surface area contributed by atoms with E-state index in [0.717, 1.165) is 6.07 Å². The lowest BCUT2D eigenvalue weighted by Gasteiger charge is -2.16. The molecule has 2 aromatic rings. The van der Waals surface area contributed by atoms with Gasteiger partial charge in [0, 0.05) is 25.6 Å². The van der Waals surface area contributed by atoms with Gasteiger partial charge < -0.3 is 9.84 Å². The number of halogens is 3. The summed E-state index contributed by atoms with van der Waals surface area (Å²) in [4.78, 5) is 4.16. The van der Waals surface area contributed by atoms with Crippen LogP contribution in [0.2, 0.25) is 0 Å². The van der Waals surface area contributed by atoms with E-state index in [-0.39, 0.29) is 42.3 Å². The maximum atomic E-state index is 13.4. The highest BCUT2D eigenvalue weighted by molar-refractivity contribution is 5.81. The Hall–Kier alpha value is -3.03. The molecule has 0 bridgehead atoms. The van der Waals surface area contributed by atoms with Gasteiger partial charge in [0.2, 0.25) is 0 Å². The van der Waals surface area contributed by atoms with Crippen LogP contribution in [0.25, 0.3) is 11.3 Å². The highest BCUT2D eigenvalue weighted by Crippen LogP contribution is 2.40. The number of aliphatic hydroxyl groups is 1. The van der Waals surface area contributed by atoms with Crippen LogP contribution < -0.4 is 20.7 Å². The Kier molecular flexibility index (Phi) is 5.07. The Labute approximate surface area is 152 Å². The molecule has 0 fully saturated rings. The zero-order valence-corrected chi connectivity index (χ0v) is 14.3. The number of rotatable bonds is 5. The first kappa shape index (κ1) is 18.8. The molecule has 1 aliphatic heterocycles. The average molecular weight is 379 g/mol. The van der Waals surface area contributed by atoms with Crippen molar-refractivity contribution >= 4 is 11.4 Å². The lowest BCUT2D eigenvalue weighted by molar-refractivity contribution is -0.138. The summed E-state index contributed by atoms with van der Waals surface area (Å²) in [5.41, 5.74) is 6.19. The molecule has 0 saturated heterocycles. The van der Waals surface area contributed by atoms with Gasteiger partial charge in [-0.15, -0.1) is 5.53 Å². The second-order valence-electron chi connectivity index (χ2n) is 5.79. The van der Waals surface area contributed by atoms with Crippen molar-refractivity contribution < 1.29 is 23.0 Å². The van der Waals surface area contributed by atoms with E-state index in [9.17, 15) is 18.4 Å². The molecule has 3 rings (SSSR count). The van der Waals surface area contributed by atoms with Gasteiger partial charge in [0.25, 0.3) is 0 Å². The lowest BCUT2D eigenvalue weighted by Crippen LogP contribution is -2.31. The first-order valence-corrected chi connectivity index (χ1v) is 8.01. The Morgan fingerprint density at radius 3 is 2.78 bits per heavy atom. The van der Waals surface area contributed by atoms with Crippen molar-refractivity contribution in [3.05, 3.63) is 35.5 Å². The van der Waals surface area contributed by atoms with Crippen molar-refractivity contribution in [2.24, 2.45) is 0 Å². The summed E-state index contributed by atoms with van der Waals surface area (Å²) in [6.07, 6.45) is -4.40. The summed E-state index contributed by atoms with van der Waals surface area (Å²) in [7, 11) is 1.70. The number of fused-ring (bicyclic) bond motifs is 1. The van der Waals surface area contributed by atoms with E-state index in [1.807, 2.05) is 6.07 Å². The summed E-state index contributed by atoms with van der Waals surface area (Å²) in [6.45, 7) is -0.207. The molecule has 10 heteroatoms. The molecular formula is C17H16F3N5O2. The topological polar surface area (TPSA) is 93.4 Å². The summed E-state index contributed by atoms with van der Waals surface area (Å²) >= 11 is 0. The molecule has 1 aliphatic rings. The van der Waals surface area contributed by atoms with Gasteiger partial charge in [-0.3, -0.25) is 10.4 Å². The Morgan fingerprint density at radius 1 is 1.33 bits per heavy atom. The third kappa shape index (κ3) is 3.74. The normalized spacial score (nSPS) is 13.1. The monoisotopic (exact) mass is 379 g/mol. The number of aromatic nitrogens is 1. The van der Waals surface area contributed by atoms with E-state index in [1.54, 1.807) is 18.1 Å². The van der Waals surface area contributed by atoms with Crippen LogP contribution in [0.15, 0.2) is 24.3 Å². The minimum atomic E-state index is -4.63. The Morgan fingerprint density at radius 2 is 2.11 bits per heavy atom. The number of hydrogen-bond donors (Lipinski definition) is 3. The molecule has 0 aliphatic carbocycles. The largest absolute Gasteiger partial charge is 0.493 e. The van der Waals surface area contributed by atoms with E-state index in [0.29, 0.717) is 11.4 Å². The second-order valence-corrected chi connectivity index (χ2v) is 5.79. The zero-order valence-electron chi connectivity index (χ0n) is 14.3. The molecule has 3 N–H and O–H groups in total. The van der Waals surface area contributed by atoms with Crippen LogP contribution in [0.4, 0.5) is 24.5 Å². The number of hydrazine groups is 2. The van der Waals surface area contributed by atoms with Gasteiger partial charge in [-0.05, 0) is 24.3 Å². The SMILES string of the molecule is CN1NNc2c1cc(-c1ccc(OCCCO)c(C(F)(F)F)c1)nc2C#N. The van der Waals surface area contributed by atoms with Crippen molar-refractivity contribution in [2.45, 2.75) is 12.6 Å². The van der Waals surface area contributed by atoms with Crippen LogP contribution in [-0.2, 0) is 6.18 Å². The first-order valence-electron chi connectivity index (χ1n) is 8.01. The fourth-order valence-electron chi connectivity index (χ4n) is 2.63. The minimum absolute atomic E-state index is 0.0310. The molecule has 1 aromatic carbocycles. The highest BCUT2D eigenvalue weighted by atomic mass is 19.4. The summed E-state index contributed by atoms with van der Waals surface area (Å²) in [5, 5.41) is 19.6.